The summed E-state index contributed by atoms with van der Waals surface area (Å²) in [4.78, 5) is 35.6. The number of methoxy groups -OCH3 is 1. The number of carbonyl (C=O) groups excluding carboxylic acids is 2. The quantitative estimate of drug-likeness (QED) is 0.297. The number of rotatable bonds is 7. The highest BCUT2D eigenvalue weighted by atomic mass is 32.1. The molecule has 5 rings (SSSR count). The Morgan fingerprint density at radius 2 is 1.92 bits per heavy atom. The molecule has 0 aliphatic carbocycles. The van der Waals surface area contributed by atoms with Gasteiger partial charge in [-0.25, -0.2) is 14.8 Å². The Morgan fingerprint density at radius 3 is 2.68 bits per heavy atom. The second-order valence-electron chi connectivity index (χ2n) is 8.53. The van der Waals surface area contributed by atoms with Crippen molar-refractivity contribution in [2.75, 3.05) is 26.5 Å². The van der Waals surface area contributed by atoms with Crippen LogP contribution >= 0.6 is 11.3 Å². The van der Waals surface area contributed by atoms with Crippen LogP contribution in [0.1, 0.15) is 16.1 Å². The molecule has 5 aromatic rings. The first-order valence-corrected chi connectivity index (χ1v) is 12.5. The number of hydrogen-bond donors (Lipinski definition) is 2. The van der Waals surface area contributed by atoms with Crippen LogP contribution in [0.25, 0.3) is 33.4 Å². The summed E-state index contributed by atoms with van der Waals surface area (Å²) < 4.78 is 10.8. The number of nitrogens with one attached hydrogen (secondary N) is 2. The van der Waals surface area contributed by atoms with E-state index in [0.29, 0.717) is 34.0 Å². The lowest BCUT2D eigenvalue weighted by Gasteiger charge is -2.16. The minimum atomic E-state index is -0.679. The van der Waals surface area contributed by atoms with E-state index in [4.69, 9.17) is 9.47 Å². The zero-order chi connectivity index (χ0) is 26.6. The van der Waals surface area contributed by atoms with Gasteiger partial charge in [0.1, 0.15) is 18.1 Å². The molecule has 0 bridgehead atoms. The molecule has 2 N–H and O–H groups in total. The zero-order valence-corrected chi connectivity index (χ0v) is 21.7. The van der Waals surface area contributed by atoms with Crippen LogP contribution < -0.4 is 10.1 Å². The molecule has 0 saturated carbocycles. The minimum Gasteiger partial charge on any atom is -0.496 e. The van der Waals surface area contributed by atoms with Gasteiger partial charge in [-0.05, 0) is 35.9 Å². The smallest absolute Gasteiger partial charge is 0.412 e. The van der Waals surface area contributed by atoms with Gasteiger partial charge in [-0.2, -0.15) is 5.10 Å². The van der Waals surface area contributed by atoms with Crippen LogP contribution in [0, 0.1) is 0 Å². The van der Waals surface area contributed by atoms with Crippen molar-refractivity contribution >= 4 is 40.1 Å². The highest BCUT2D eigenvalue weighted by molar-refractivity contribution is 7.07. The van der Waals surface area contributed by atoms with E-state index in [1.165, 1.54) is 16.2 Å². The van der Waals surface area contributed by atoms with E-state index < -0.39 is 6.09 Å². The molecule has 0 atom stereocenters. The number of hydrogen-bond acceptors (Lipinski definition) is 8. The van der Waals surface area contributed by atoms with Gasteiger partial charge in [0.15, 0.2) is 5.65 Å². The Morgan fingerprint density at radius 1 is 1.08 bits per heavy atom. The number of pyridine rings is 1. The van der Waals surface area contributed by atoms with E-state index >= 15 is 0 Å². The molecule has 0 radical (unpaired) electrons. The predicted octanol–water partition coefficient (Wildman–Crippen LogP) is 5.21. The number of para-hydroxylation sites is 1. The van der Waals surface area contributed by atoms with E-state index in [-0.39, 0.29) is 12.5 Å². The van der Waals surface area contributed by atoms with Crippen molar-refractivity contribution in [2.24, 2.45) is 0 Å². The largest absolute Gasteiger partial charge is 0.496 e. The average molecular weight is 529 g/mol. The zero-order valence-electron chi connectivity index (χ0n) is 20.9. The summed E-state index contributed by atoms with van der Waals surface area (Å²) >= 11 is 1.42. The molecule has 0 aliphatic heterocycles. The number of H-pyrrole nitrogens is 1. The van der Waals surface area contributed by atoms with Gasteiger partial charge in [0.25, 0.3) is 5.91 Å². The van der Waals surface area contributed by atoms with Gasteiger partial charge in [0, 0.05) is 42.2 Å². The van der Waals surface area contributed by atoms with E-state index in [9.17, 15) is 9.59 Å². The maximum atomic E-state index is 13.0. The molecule has 3 aromatic heterocycles. The number of aromatic amines is 1. The summed E-state index contributed by atoms with van der Waals surface area (Å²) in [5.41, 5.74) is 6.66. The number of anilines is 1. The minimum absolute atomic E-state index is 0.0370. The van der Waals surface area contributed by atoms with Gasteiger partial charge in [-0.15, -0.1) is 11.3 Å². The standard InChI is InChI=1S/C27H24N6O4S/c1-33(2)26(34)20-10-16(8-9-22(20)30-27(35)37-13-18-14-38-15-29-18)17-11-21-24(31-32-25(21)28-12-17)19-6-4-5-7-23(19)36-3/h4-12,14-15H,13H2,1-3H3,(H,30,35)(H,28,31,32). The molecule has 2 amide bonds. The van der Waals surface area contributed by atoms with E-state index in [2.05, 4.69) is 25.5 Å². The number of amides is 2. The summed E-state index contributed by atoms with van der Waals surface area (Å²) in [6.45, 7) is 0.0370. The van der Waals surface area contributed by atoms with Crippen LogP contribution in [0.2, 0.25) is 0 Å². The lowest BCUT2D eigenvalue weighted by atomic mass is 10.0. The number of thiazole rings is 1. The maximum absolute atomic E-state index is 13.0. The average Bonchev–Trinajstić information content (AvgIpc) is 3.61. The van der Waals surface area contributed by atoms with Crippen molar-refractivity contribution in [1.82, 2.24) is 25.1 Å². The Bertz CT molecular complexity index is 1610. The third-order valence-corrected chi connectivity index (χ3v) is 6.47. The predicted molar refractivity (Wildman–Crippen MR) is 145 cm³/mol. The fourth-order valence-corrected chi connectivity index (χ4v) is 4.49. The number of aromatic nitrogens is 4. The lowest BCUT2D eigenvalue weighted by molar-refractivity contribution is 0.0828. The summed E-state index contributed by atoms with van der Waals surface area (Å²) in [5.74, 6) is 0.427. The van der Waals surface area contributed by atoms with Crippen LogP contribution in [-0.4, -0.2) is 58.3 Å². The second kappa shape index (κ2) is 10.7. The first-order chi connectivity index (χ1) is 18.4. The van der Waals surface area contributed by atoms with Crippen molar-refractivity contribution in [2.45, 2.75) is 6.61 Å². The molecule has 192 valence electrons. The van der Waals surface area contributed by atoms with Gasteiger partial charge in [-0.1, -0.05) is 18.2 Å². The number of carbonyl (C=O) groups is 2. The fraction of sp³-hybridized carbons (Fsp3) is 0.148. The molecule has 0 fully saturated rings. The molecule has 0 spiro atoms. The summed E-state index contributed by atoms with van der Waals surface area (Å²) in [6, 6.07) is 14.8. The van der Waals surface area contributed by atoms with Crippen molar-refractivity contribution < 1.29 is 19.1 Å². The first-order valence-electron chi connectivity index (χ1n) is 11.6. The van der Waals surface area contributed by atoms with Gasteiger partial charge in [0.2, 0.25) is 0 Å². The Kier molecular flexibility index (Phi) is 7.00. The number of ether oxygens (including phenoxy) is 2. The number of nitrogens with zero attached hydrogens (tertiary/aromatic N) is 4. The normalized spacial score (nSPS) is 10.8. The van der Waals surface area contributed by atoms with Crippen LogP contribution in [0.5, 0.6) is 5.75 Å². The Labute approximate surface area is 222 Å². The second-order valence-corrected chi connectivity index (χ2v) is 9.25. The van der Waals surface area contributed by atoms with Crippen LogP contribution in [-0.2, 0) is 11.3 Å². The van der Waals surface area contributed by atoms with E-state index in [0.717, 1.165) is 22.1 Å². The molecular formula is C27H24N6O4S. The molecule has 0 unspecified atom stereocenters. The third kappa shape index (κ3) is 5.04. The van der Waals surface area contributed by atoms with Crippen molar-refractivity contribution in [3.05, 3.63) is 76.9 Å². The molecule has 0 aliphatic rings. The lowest BCUT2D eigenvalue weighted by Crippen LogP contribution is -2.24. The molecule has 10 nitrogen and oxygen atoms in total. The molecule has 3 heterocycles. The summed E-state index contributed by atoms with van der Waals surface area (Å²) in [6.07, 6.45) is 1.03. The molecule has 0 saturated heterocycles. The van der Waals surface area contributed by atoms with Crippen molar-refractivity contribution in [3.8, 4) is 28.1 Å². The van der Waals surface area contributed by atoms with Crippen LogP contribution in [0.3, 0.4) is 0 Å². The number of benzene rings is 2. The van der Waals surface area contributed by atoms with E-state index in [1.54, 1.807) is 50.4 Å². The molecular weight excluding hydrogens is 504 g/mol. The van der Waals surface area contributed by atoms with Gasteiger partial charge >= 0.3 is 6.09 Å². The summed E-state index contributed by atoms with van der Waals surface area (Å²) in [7, 11) is 4.92. The molecule has 38 heavy (non-hydrogen) atoms. The van der Waals surface area contributed by atoms with Gasteiger partial charge in [-0.3, -0.25) is 15.2 Å². The Balaban J connectivity index is 1.49. The van der Waals surface area contributed by atoms with Crippen LogP contribution in [0.4, 0.5) is 10.5 Å². The Hall–Kier alpha value is -4.77. The van der Waals surface area contributed by atoms with E-state index in [1.807, 2.05) is 36.4 Å². The molecule has 11 heteroatoms. The highest BCUT2D eigenvalue weighted by Gasteiger charge is 2.19. The van der Waals surface area contributed by atoms with Crippen molar-refractivity contribution in [3.63, 3.8) is 0 Å². The number of fused-ring (bicyclic) bond motifs is 1. The first kappa shape index (κ1) is 24.9. The SMILES string of the molecule is COc1ccccc1-c1n[nH]c2ncc(-c3ccc(NC(=O)OCc4cscn4)c(C(=O)N(C)C)c3)cc12. The maximum Gasteiger partial charge on any atom is 0.412 e. The summed E-state index contributed by atoms with van der Waals surface area (Å²) in [5, 5.41) is 12.7. The monoisotopic (exact) mass is 528 g/mol. The van der Waals surface area contributed by atoms with Crippen molar-refractivity contribution in [1.29, 1.82) is 0 Å². The highest BCUT2D eigenvalue weighted by Crippen LogP contribution is 2.35. The fourth-order valence-electron chi connectivity index (χ4n) is 3.95. The molecule has 2 aromatic carbocycles. The third-order valence-electron chi connectivity index (χ3n) is 5.84. The van der Waals surface area contributed by atoms with Crippen LogP contribution in [0.15, 0.2) is 65.6 Å². The van der Waals surface area contributed by atoms with Gasteiger partial charge < -0.3 is 14.4 Å². The topological polar surface area (TPSA) is 122 Å². The van der Waals surface area contributed by atoms with Gasteiger partial charge in [0.05, 0.1) is 29.6 Å².